The highest BCUT2D eigenvalue weighted by Crippen LogP contribution is 2.16. The lowest BCUT2D eigenvalue weighted by Gasteiger charge is -2.17. The smallest absolute Gasteiger partial charge is 0.0627 e. The van der Waals surface area contributed by atoms with E-state index in [0.717, 1.165) is 6.54 Å². The van der Waals surface area contributed by atoms with E-state index in [0.29, 0.717) is 12.5 Å². The Labute approximate surface area is 109 Å². The molecule has 1 aromatic rings. The van der Waals surface area contributed by atoms with Gasteiger partial charge in [0.05, 0.1) is 6.61 Å². The summed E-state index contributed by atoms with van der Waals surface area (Å²) in [6, 6.07) is 4.65. The monoisotopic (exact) mass is 255 g/mol. The Kier molecular flexibility index (Phi) is 5.96. The number of alkyl halides is 1. The van der Waals surface area contributed by atoms with Crippen LogP contribution in [0.2, 0.25) is 0 Å². The second-order valence-electron chi connectivity index (χ2n) is 4.56. The number of rotatable bonds is 6. The van der Waals surface area contributed by atoms with Gasteiger partial charge in [0.1, 0.15) is 0 Å². The van der Waals surface area contributed by atoms with Crippen LogP contribution in [0, 0.1) is 20.8 Å². The van der Waals surface area contributed by atoms with Gasteiger partial charge in [-0.15, -0.1) is 11.6 Å². The summed E-state index contributed by atoms with van der Waals surface area (Å²) in [5, 5.41) is 3.43. The second-order valence-corrected chi connectivity index (χ2v) is 4.87. The van der Waals surface area contributed by atoms with Gasteiger partial charge >= 0.3 is 0 Å². The number of nitrogens with one attached hydrogen (secondary N) is 1. The first-order chi connectivity index (χ1) is 8.08. The molecular weight excluding hydrogens is 234 g/mol. The molecule has 0 aliphatic rings. The van der Waals surface area contributed by atoms with Crippen molar-refractivity contribution >= 4 is 11.6 Å². The molecule has 0 aliphatic heterocycles. The number of ether oxygens (including phenoxy) is 1. The Hall–Kier alpha value is -0.570. The fraction of sp³-hybridized carbons (Fsp3) is 0.571. The van der Waals surface area contributed by atoms with Crippen LogP contribution in [0.5, 0.6) is 0 Å². The van der Waals surface area contributed by atoms with Crippen LogP contribution in [0.25, 0.3) is 0 Å². The van der Waals surface area contributed by atoms with Crippen molar-refractivity contribution in [2.45, 2.75) is 33.4 Å². The highest BCUT2D eigenvalue weighted by molar-refractivity contribution is 6.18. The maximum Gasteiger partial charge on any atom is 0.0627 e. The van der Waals surface area contributed by atoms with Gasteiger partial charge in [-0.05, 0) is 37.5 Å². The summed E-state index contributed by atoms with van der Waals surface area (Å²) in [6.07, 6.45) is 0. The fourth-order valence-electron chi connectivity index (χ4n) is 2.09. The summed E-state index contributed by atoms with van der Waals surface area (Å²) in [7, 11) is 1.70. The van der Waals surface area contributed by atoms with Crippen LogP contribution in [0.1, 0.15) is 22.3 Å². The third kappa shape index (κ3) is 4.30. The fourth-order valence-corrected chi connectivity index (χ4v) is 2.29. The van der Waals surface area contributed by atoms with Gasteiger partial charge in [0, 0.05) is 25.6 Å². The molecule has 0 radical (unpaired) electrons. The minimum absolute atomic E-state index is 0.210. The first-order valence-corrected chi connectivity index (χ1v) is 6.47. The SMILES string of the molecule is COCC(CCl)NCc1c(C)cc(C)cc1C. The minimum Gasteiger partial charge on any atom is -0.383 e. The standard InChI is InChI=1S/C14H22ClNO/c1-10-5-11(2)14(12(3)6-10)8-16-13(7-15)9-17-4/h5-6,13,16H,7-9H2,1-4H3. The molecule has 0 heterocycles. The van der Waals surface area contributed by atoms with Crippen molar-refractivity contribution in [3.63, 3.8) is 0 Å². The van der Waals surface area contributed by atoms with E-state index < -0.39 is 0 Å². The molecule has 0 aromatic heterocycles. The Morgan fingerprint density at radius 2 is 1.82 bits per heavy atom. The molecule has 0 spiro atoms. The summed E-state index contributed by atoms with van der Waals surface area (Å²) in [4.78, 5) is 0. The van der Waals surface area contributed by atoms with Gasteiger partial charge in [-0.25, -0.2) is 0 Å². The average molecular weight is 256 g/mol. The normalized spacial score (nSPS) is 12.8. The van der Waals surface area contributed by atoms with E-state index in [4.69, 9.17) is 16.3 Å². The van der Waals surface area contributed by atoms with Crippen LogP contribution < -0.4 is 5.32 Å². The molecule has 3 heteroatoms. The van der Waals surface area contributed by atoms with Crippen LogP contribution in [0.4, 0.5) is 0 Å². The van der Waals surface area contributed by atoms with Crippen LogP contribution in [-0.2, 0) is 11.3 Å². The average Bonchev–Trinajstić information content (AvgIpc) is 2.26. The predicted molar refractivity (Wildman–Crippen MR) is 73.9 cm³/mol. The lowest BCUT2D eigenvalue weighted by atomic mass is 10.00. The second kappa shape index (κ2) is 7.00. The van der Waals surface area contributed by atoms with E-state index >= 15 is 0 Å². The van der Waals surface area contributed by atoms with Gasteiger partial charge in [0.15, 0.2) is 0 Å². The van der Waals surface area contributed by atoms with Gasteiger partial charge in [-0.3, -0.25) is 0 Å². The van der Waals surface area contributed by atoms with Gasteiger partial charge in [-0.2, -0.15) is 0 Å². The van der Waals surface area contributed by atoms with Gasteiger partial charge in [0.25, 0.3) is 0 Å². The van der Waals surface area contributed by atoms with Crippen molar-refractivity contribution in [3.8, 4) is 0 Å². The zero-order valence-corrected chi connectivity index (χ0v) is 11.9. The number of benzene rings is 1. The topological polar surface area (TPSA) is 21.3 Å². The molecule has 2 nitrogen and oxygen atoms in total. The van der Waals surface area contributed by atoms with E-state index in [1.165, 1.54) is 22.3 Å². The lowest BCUT2D eigenvalue weighted by Crippen LogP contribution is -2.34. The molecule has 0 bridgehead atoms. The zero-order chi connectivity index (χ0) is 12.8. The van der Waals surface area contributed by atoms with Crippen LogP contribution >= 0.6 is 11.6 Å². The van der Waals surface area contributed by atoms with Gasteiger partial charge in [-0.1, -0.05) is 17.7 Å². The van der Waals surface area contributed by atoms with Crippen LogP contribution in [0.15, 0.2) is 12.1 Å². The molecule has 1 rings (SSSR count). The molecule has 1 aromatic carbocycles. The lowest BCUT2D eigenvalue weighted by molar-refractivity contribution is 0.172. The molecule has 0 amide bonds. The summed E-state index contributed by atoms with van der Waals surface area (Å²) in [5.41, 5.74) is 5.35. The molecule has 0 saturated carbocycles. The summed E-state index contributed by atoms with van der Waals surface area (Å²) >= 11 is 5.87. The van der Waals surface area contributed by atoms with Gasteiger partial charge in [0.2, 0.25) is 0 Å². The van der Waals surface area contributed by atoms with Crippen molar-refractivity contribution in [3.05, 3.63) is 34.4 Å². The molecule has 17 heavy (non-hydrogen) atoms. The number of methoxy groups -OCH3 is 1. The summed E-state index contributed by atoms with van der Waals surface area (Å²) in [5.74, 6) is 0.567. The zero-order valence-electron chi connectivity index (χ0n) is 11.1. The highest BCUT2D eigenvalue weighted by atomic mass is 35.5. The third-order valence-corrected chi connectivity index (χ3v) is 3.33. The molecule has 0 saturated heterocycles. The number of hydrogen-bond donors (Lipinski definition) is 1. The van der Waals surface area contributed by atoms with E-state index in [1.54, 1.807) is 7.11 Å². The highest BCUT2D eigenvalue weighted by Gasteiger charge is 2.08. The molecule has 1 N–H and O–H groups in total. The summed E-state index contributed by atoms with van der Waals surface area (Å²) in [6.45, 7) is 7.93. The predicted octanol–water partition coefficient (Wildman–Crippen LogP) is 2.96. The van der Waals surface area contributed by atoms with Gasteiger partial charge < -0.3 is 10.1 Å². The van der Waals surface area contributed by atoms with Crippen molar-refractivity contribution in [1.29, 1.82) is 0 Å². The van der Waals surface area contributed by atoms with Crippen LogP contribution in [0.3, 0.4) is 0 Å². The molecule has 0 aliphatic carbocycles. The van der Waals surface area contributed by atoms with Crippen molar-refractivity contribution < 1.29 is 4.74 Å². The molecule has 0 fully saturated rings. The Balaban J connectivity index is 2.68. The van der Waals surface area contributed by atoms with E-state index in [-0.39, 0.29) is 6.04 Å². The Morgan fingerprint density at radius 3 is 2.29 bits per heavy atom. The van der Waals surface area contributed by atoms with E-state index in [9.17, 15) is 0 Å². The first kappa shape index (κ1) is 14.5. The van der Waals surface area contributed by atoms with Crippen molar-refractivity contribution in [1.82, 2.24) is 5.32 Å². The van der Waals surface area contributed by atoms with E-state index in [1.807, 2.05) is 0 Å². The Morgan fingerprint density at radius 1 is 1.24 bits per heavy atom. The third-order valence-electron chi connectivity index (χ3n) is 2.96. The van der Waals surface area contributed by atoms with Crippen molar-refractivity contribution in [2.24, 2.45) is 0 Å². The van der Waals surface area contributed by atoms with E-state index in [2.05, 4.69) is 38.2 Å². The first-order valence-electron chi connectivity index (χ1n) is 5.93. The minimum atomic E-state index is 0.210. The molecule has 1 unspecified atom stereocenters. The summed E-state index contributed by atoms with van der Waals surface area (Å²) < 4.78 is 5.12. The quantitative estimate of drug-likeness (QED) is 0.790. The number of halogens is 1. The maximum absolute atomic E-state index is 5.87. The van der Waals surface area contributed by atoms with Crippen molar-refractivity contribution in [2.75, 3.05) is 19.6 Å². The molecule has 1 atom stereocenters. The van der Waals surface area contributed by atoms with Crippen LogP contribution in [-0.4, -0.2) is 25.6 Å². The maximum atomic E-state index is 5.87. The largest absolute Gasteiger partial charge is 0.383 e. The number of hydrogen-bond acceptors (Lipinski definition) is 2. The molecule has 96 valence electrons. The number of aryl methyl sites for hydroxylation is 3. The molecular formula is C14H22ClNO. The Bertz CT molecular complexity index is 342.